The van der Waals surface area contributed by atoms with Gasteiger partial charge in [0.25, 0.3) is 11.5 Å². The molecule has 2 aromatic heterocycles. The molecule has 1 aliphatic rings. The second-order valence-corrected chi connectivity index (χ2v) is 6.80. The van der Waals surface area contributed by atoms with Gasteiger partial charge in [0, 0.05) is 42.5 Å². The maximum Gasteiger partial charge on any atom is 0.264 e. The monoisotopic (exact) mass is 363 g/mol. The fourth-order valence-corrected chi connectivity index (χ4v) is 3.40. The Morgan fingerprint density at radius 2 is 2.04 bits per heavy atom. The van der Waals surface area contributed by atoms with Crippen LogP contribution in [-0.2, 0) is 19.4 Å². The molecule has 0 radical (unpaired) electrons. The summed E-state index contributed by atoms with van der Waals surface area (Å²) in [7, 11) is 0. The number of aromatic nitrogens is 4. The first-order valence-corrected chi connectivity index (χ1v) is 9.07. The van der Waals surface area contributed by atoms with Crippen LogP contribution in [0.15, 0.2) is 35.3 Å². The Morgan fingerprint density at radius 1 is 1.26 bits per heavy atom. The maximum atomic E-state index is 12.9. The van der Waals surface area contributed by atoms with Crippen LogP contribution in [0.4, 0.5) is 0 Å². The van der Waals surface area contributed by atoms with Gasteiger partial charge in [-0.05, 0) is 13.3 Å². The molecule has 0 atom stereocenters. The molecule has 7 heteroatoms. The van der Waals surface area contributed by atoms with E-state index in [0.29, 0.717) is 25.3 Å². The van der Waals surface area contributed by atoms with Gasteiger partial charge in [0.1, 0.15) is 11.4 Å². The average molecular weight is 363 g/mol. The summed E-state index contributed by atoms with van der Waals surface area (Å²) in [6.45, 7) is 5.05. The maximum absolute atomic E-state index is 12.9. The molecular weight excluding hydrogens is 342 g/mol. The highest BCUT2D eigenvalue weighted by Gasteiger charge is 2.27. The van der Waals surface area contributed by atoms with Gasteiger partial charge in [-0.1, -0.05) is 36.8 Å². The van der Waals surface area contributed by atoms with Crippen molar-refractivity contribution < 1.29 is 4.79 Å². The molecule has 27 heavy (non-hydrogen) atoms. The van der Waals surface area contributed by atoms with E-state index in [1.165, 1.54) is 6.20 Å². The fraction of sp³-hybridized carbons (Fsp3) is 0.300. The SMILES string of the molecule is CCc1n[nH]c2c1CN(C(=O)c1cnc(-c3ccc(C)cc3)[nH]c1=O)CC2. The van der Waals surface area contributed by atoms with Crippen LogP contribution < -0.4 is 5.56 Å². The van der Waals surface area contributed by atoms with Crippen LogP contribution in [0.3, 0.4) is 0 Å². The number of rotatable bonds is 3. The number of nitrogens with one attached hydrogen (secondary N) is 2. The molecule has 7 nitrogen and oxygen atoms in total. The van der Waals surface area contributed by atoms with Crippen LogP contribution in [-0.4, -0.2) is 37.5 Å². The van der Waals surface area contributed by atoms with E-state index >= 15 is 0 Å². The molecule has 0 spiro atoms. The van der Waals surface area contributed by atoms with Gasteiger partial charge in [-0.25, -0.2) is 4.98 Å². The van der Waals surface area contributed by atoms with Gasteiger partial charge in [-0.2, -0.15) is 5.10 Å². The van der Waals surface area contributed by atoms with Crippen molar-refractivity contribution >= 4 is 5.91 Å². The second kappa shape index (κ2) is 6.83. The standard InChI is InChI=1S/C20H21N5O2/c1-3-16-15-11-25(9-8-17(15)24-23-16)20(27)14-10-21-18(22-19(14)26)13-6-4-12(2)5-7-13/h4-7,10H,3,8-9,11H2,1-2H3,(H,23,24)(H,21,22,26). The number of hydrogen-bond acceptors (Lipinski definition) is 4. The minimum atomic E-state index is -0.417. The van der Waals surface area contributed by atoms with Crippen LogP contribution in [0.2, 0.25) is 0 Å². The Balaban J connectivity index is 1.59. The molecule has 0 bridgehead atoms. The van der Waals surface area contributed by atoms with Gasteiger partial charge >= 0.3 is 0 Å². The molecule has 0 unspecified atom stereocenters. The molecular formula is C20H21N5O2. The van der Waals surface area contributed by atoms with Crippen molar-refractivity contribution in [3.05, 3.63) is 68.9 Å². The number of carbonyl (C=O) groups excluding carboxylic acids is 1. The van der Waals surface area contributed by atoms with Crippen LogP contribution in [0.5, 0.6) is 0 Å². The molecule has 3 aromatic rings. The Labute approximate surface area is 156 Å². The fourth-order valence-electron chi connectivity index (χ4n) is 3.40. The van der Waals surface area contributed by atoms with E-state index in [2.05, 4.69) is 20.2 Å². The minimum absolute atomic E-state index is 0.0656. The number of amides is 1. The van der Waals surface area contributed by atoms with E-state index in [4.69, 9.17) is 0 Å². The van der Waals surface area contributed by atoms with Gasteiger partial charge in [-0.3, -0.25) is 14.7 Å². The third kappa shape index (κ3) is 3.16. The highest BCUT2D eigenvalue weighted by Crippen LogP contribution is 2.22. The molecule has 1 aliphatic heterocycles. The van der Waals surface area contributed by atoms with Crippen molar-refractivity contribution in [1.29, 1.82) is 0 Å². The zero-order valence-electron chi connectivity index (χ0n) is 15.4. The third-order valence-corrected chi connectivity index (χ3v) is 5.00. The number of benzene rings is 1. The molecule has 0 saturated heterocycles. The van der Waals surface area contributed by atoms with Crippen LogP contribution >= 0.6 is 0 Å². The molecule has 138 valence electrons. The smallest absolute Gasteiger partial charge is 0.264 e. The lowest BCUT2D eigenvalue weighted by molar-refractivity contribution is 0.0731. The topological polar surface area (TPSA) is 94.7 Å². The lowest BCUT2D eigenvalue weighted by Crippen LogP contribution is -2.38. The summed E-state index contributed by atoms with van der Waals surface area (Å²) < 4.78 is 0. The van der Waals surface area contributed by atoms with Gasteiger partial charge in [0.05, 0.1) is 5.69 Å². The van der Waals surface area contributed by atoms with Crippen molar-refractivity contribution in [2.75, 3.05) is 6.54 Å². The first kappa shape index (κ1) is 17.2. The first-order chi connectivity index (χ1) is 13.1. The summed E-state index contributed by atoms with van der Waals surface area (Å²) >= 11 is 0. The normalized spacial score (nSPS) is 13.5. The van der Waals surface area contributed by atoms with Crippen molar-refractivity contribution in [1.82, 2.24) is 25.1 Å². The minimum Gasteiger partial charge on any atom is -0.334 e. The molecule has 4 rings (SSSR count). The summed E-state index contributed by atoms with van der Waals surface area (Å²) in [5.41, 5.74) is 4.71. The van der Waals surface area contributed by atoms with Crippen LogP contribution in [0, 0.1) is 6.92 Å². The number of aryl methyl sites for hydroxylation is 2. The highest BCUT2D eigenvalue weighted by atomic mass is 16.2. The second-order valence-electron chi connectivity index (χ2n) is 6.80. The summed E-state index contributed by atoms with van der Waals surface area (Å²) in [6.07, 6.45) is 2.89. The largest absolute Gasteiger partial charge is 0.334 e. The van der Waals surface area contributed by atoms with Crippen molar-refractivity contribution in [2.24, 2.45) is 0 Å². The lowest BCUT2D eigenvalue weighted by Gasteiger charge is -2.27. The highest BCUT2D eigenvalue weighted by molar-refractivity contribution is 5.93. The summed E-state index contributed by atoms with van der Waals surface area (Å²) in [5, 5.41) is 7.36. The molecule has 2 N–H and O–H groups in total. The van der Waals surface area contributed by atoms with E-state index < -0.39 is 5.56 Å². The van der Waals surface area contributed by atoms with Gasteiger partial charge < -0.3 is 9.88 Å². The van der Waals surface area contributed by atoms with Crippen molar-refractivity contribution in [2.45, 2.75) is 33.2 Å². The number of H-pyrrole nitrogens is 2. The molecule has 3 heterocycles. The van der Waals surface area contributed by atoms with Crippen LogP contribution in [0.1, 0.15) is 39.8 Å². The van der Waals surface area contributed by atoms with Crippen LogP contribution in [0.25, 0.3) is 11.4 Å². The predicted octanol–water partition coefficient (Wildman–Crippen LogP) is 2.23. The number of hydrogen-bond donors (Lipinski definition) is 2. The lowest BCUT2D eigenvalue weighted by atomic mass is 10.0. The van der Waals surface area contributed by atoms with Crippen molar-refractivity contribution in [3.63, 3.8) is 0 Å². The van der Waals surface area contributed by atoms with E-state index in [1.807, 2.05) is 38.1 Å². The third-order valence-electron chi connectivity index (χ3n) is 5.00. The summed E-state index contributed by atoms with van der Waals surface area (Å²) in [6, 6.07) is 7.70. The zero-order valence-corrected chi connectivity index (χ0v) is 15.4. The number of aromatic amines is 2. The van der Waals surface area contributed by atoms with Gasteiger partial charge in [0.15, 0.2) is 0 Å². The quantitative estimate of drug-likeness (QED) is 0.746. The van der Waals surface area contributed by atoms with Crippen molar-refractivity contribution in [3.8, 4) is 11.4 Å². The van der Waals surface area contributed by atoms with E-state index in [9.17, 15) is 9.59 Å². The Bertz CT molecular complexity index is 1040. The Morgan fingerprint density at radius 3 is 2.74 bits per heavy atom. The molecule has 1 aromatic carbocycles. The predicted molar refractivity (Wildman–Crippen MR) is 101 cm³/mol. The number of nitrogens with zero attached hydrogens (tertiary/aromatic N) is 3. The molecule has 0 aliphatic carbocycles. The van der Waals surface area contributed by atoms with E-state index in [0.717, 1.165) is 34.5 Å². The molecule has 1 amide bonds. The summed E-state index contributed by atoms with van der Waals surface area (Å²) in [5.74, 6) is 0.161. The van der Waals surface area contributed by atoms with Gasteiger partial charge in [0.2, 0.25) is 0 Å². The first-order valence-electron chi connectivity index (χ1n) is 9.07. The zero-order chi connectivity index (χ0) is 19.0. The number of carbonyl (C=O) groups is 1. The van der Waals surface area contributed by atoms with Gasteiger partial charge in [-0.15, -0.1) is 0 Å². The Kier molecular flexibility index (Phi) is 4.35. The number of fused-ring (bicyclic) bond motifs is 1. The summed E-state index contributed by atoms with van der Waals surface area (Å²) in [4.78, 5) is 34.1. The van der Waals surface area contributed by atoms with E-state index in [-0.39, 0.29) is 11.5 Å². The molecule has 0 saturated carbocycles. The molecule has 0 fully saturated rings. The Hall–Kier alpha value is -3.22. The van der Waals surface area contributed by atoms with E-state index in [1.54, 1.807) is 4.90 Å². The average Bonchev–Trinajstić information content (AvgIpc) is 3.10.